The number of hydrogen-bond donors (Lipinski definition) is 0. The van der Waals surface area contributed by atoms with Crippen LogP contribution in [0.1, 0.15) is 33.6 Å². The van der Waals surface area contributed by atoms with Crippen molar-refractivity contribution in [2.75, 3.05) is 6.61 Å². The lowest BCUT2D eigenvalue weighted by Gasteiger charge is -2.37. The van der Waals surface area contributed by atoms with Gasteiger partial charge in [-0.2, -0.15) is 0 Å². The van der Waals surface area contributed by atoms with E-state index in [0.29, 0.717) is 5.92 Å². The Kier molecular flexibility index (Phi) is 7.67. The Bertz CT molecular complexity index is 289. The highest BCUT2D eigenvalue weighted by Gasteiger charge is 2.37. The van der Waals surface area contributed by atoms with Crippen LogP contribution in [0.25, 0.3) is 0 Å². The molecule has 0 aromatic carbocycles. The van der Waals surface area contributed by atoms with Gasteiger partial charge in [0.15, 0.2) is 8.32 Å². The van der Waals surface area contributed by atoms with Crippen LogP contribution in [0.2, 0.25) is 18.1 Å². The summed E-state index contributed by atoms with van der Waals surface area (Å²) in [7, 11) is -1.66. The molecule has 18 heavy (non-hydrogen) atoms. The number of allylic oxidation sites excluding steroid dienone is 2. The van der Waals surface area contributed by atoms with E-state index in [9.17, 15) is 0 Å². The van der Waals surface area contributed by atoms with Gasteiger partial charge < -0.3 is 4.43 Å². The van der Waals surface area contributed by atoms with E-state index in [4.69, 9.17) is 4.43 Å². The molecule has 0 radical (unpaired) electrons. The van der Waals surface area contributed by atoms with Gasteiger partial charge in [0.1, 0.15) is 0 Å². The molecule has 0 saturated carbocycles. The topological polar surface area (TPSA) is 9.23 Å². The zero-order valence-electron chi connectivity index (χ0n) is 12.3. The molecule has 1 nitrogen and oxygen atoms in total. The van der Waals surface area contributed by atoms with Crippen molar-refractivity contribution >= 4 is 40.2 Å². The second-order valence-corrected chi connectivity index (χ2v) is 13.4. The van der Waals surface area contributed by atoms with Crippen LogP contribution in [-0.2, 0) is 4.43 Å². The molecule has 0 aliphatic heterocycles. The van der Waals surface area contributed by atoms with E-state index in [-0.39, 0.29) is 5.04 Å². The largest absolute Gasteiger partial charge is 0.417 e. The van der Waals surface area contributed by atoms with E-state index in [1.807, 2.05) is 0 Å². The van der Waals surface area contributed by atoms with Crippen LogP contribution >= 0.6 is 31.9 Å². The summed E-state index contributed by atoms with van der Waals surface area (Å²) in [6.45, 7) is 20.0. The minimum absolute atomic E-state index is 0.258. The number of halogens is 2. The summed E-state index contributed by atoms with van der Waals surface area (Å²) in [5, 5.41) is 0.258. The molecule has 0 aliphatic carbocycles. The third-order valence-electron chi connectivity index (χ3n) is 3.51. The molecule has 0 aliphatic rings. The summed E-state index contributed by atoms with van der Waals surface area (Å²) >= 11 is 6.88. The fraction of sp³-hybridized carbons (Fsp3) is 0.714. The van der Waals surface area contributed by atoms with Crippen molar-refractivity contribution in [1.29, 1.82) is 0 Å². The minimum atomic E-state index is -1.66. The molecule has 0 unspecified atom stereocenters. The van der Waals surface area contributed by atoms with Crippen molar-refractivity contribution in [3.05, 3.63) is 22.1 Å². The second kappa shape index (κ2) is 7.41. The molecule has 0 aromatic rings. The molecule has 0 spiro atoms. The van der Waals surface area contributed by atoms with Gasteiger partial charge in [0, 0.05) is 6.61 Å². The monoisotopic (exact) mass is 396 g/mol. The van der Waals surface area contributed by atoms with Crippen molar-refractivity contribution in [2.45, 2.75) is 51.7 Å². The predicted octanol–water partition coefficient (Wildman–Crippen LogP) is 6.22. The van der Waals surface area contributed by atoms with Crippen LogP contribution in [0.5, 0.6) is 0 Å². The van der Waals surface area contributed by atoms with Crippen molar-refractivity contribution in [1.82, 2.24) is 0 Å². The molecule has 0 amide bonds. The summed E-state index contributed by atoms with van der Waals surface area (Å²) in [5.74, 6) is 0.442. The average molecular weight is 398 g/mol. The lowest BCUT2D eigenvalue weighted by Crippen LogP contribution is -2.42. The van der Waals surface area contributed by atoms with Crippen LogP contribution in [-0.4, -0.2) is 14.9 Å². The number of hydrogen-bond acceptors (Lipinski definition) is 1. The molecule has 4 heteroatoms. The lowest BCUT2D eigenvalue weighted by atomic mass is 10.0. The average Bonchev–Trinajstić information content (AvgIpc) is 2.10. The normalized spacial score (nSPS) is 12.9. The fourth-order valence-corrected chi connectivity index (χ4v) is 3.36. The first-order valence-corrected chi connectivity index (χ1v) is 10.8. The van der Waals surface area contributed by atoms with Crippen molar-refractivity contribution < 1.29 is 4.43 Å². The van der Waals surface area contributed by atoms with Gasteiger partial charge >= 0.3 is 0 Å². The fourth-order valence-electron chi connectivity index (χ4n) is 1.36. The quantitative estimate of drug-likeness (QED) is 0.463. The first kappa shape index (κ1) is 18.6. The summed E-state index contributed by atoms with van der Waals surface area (Å²) in [4.78, 5) is 0. The molecule has 0 rings (SSSR count). The molecule has 0 aromatic heterocycles. The molecule has 0 N–H and O–H groups in total. The molecule has 0 saturated heterocycles. The predicted molar refractivity (Wildman–Crippen MR) is 92.0 cm³/mol. The maximum Gasteiger partial charge on any atom is 0.191 e. The Morgan fingerprint density at radius 3 is 1.78 bits per heavy atom. The van der Waals surface area contributed by atoms with Gasteiger partial charge in [-0.05, 0) is 45.9 Å². The molecular weight excluding hydrogens is 372 g/mol. The third-order valence-corrected chi connectivity index (χ3v) is 8.65. The van der Waals surface area contributed by atoms with E-state index in [0.717, 1.165) is 28.4 Å². The maximum atomic E-state index is 6.27. The Labute approximate surface area is 130 Å². The molecular formula is C14H26Br2OSi. The second-order valence-electron chi connectivity index (χ2n) is 6.38. The van der Waals surface area contributed by atoms with E-state index in [1.165, 1.54) is 0 Å². The summed E-state index contributed by atoms with van der Waals surface area (Å²) in [6.07, 6.45) is 1.86. The van der Waals surface area contributed by atoms with E-state index in [1.54, 1.807) is 0 Å². The standard InChI is InChI=1S/C14H26Br2OSi/c1-11(15)8-13(9-12(2)16)10-17-18(6,7)14(3,4)5/h13H,1-2,8-10H2,3-7H3. The van der Waals surface area contributed by atoms with Gasteiger partial charge in [-0.3, -0.25) is 0 Å². The molecule has 106 valence electrons. The third kappa shape index (κ3) is 7.27. The van der Waals surface area contributed by atoms with Crippen LogP contribution in [0.4, 0.5) is 0 Å². The highest BCUT2D eigenvalue weighted by atomic mass is 79.9. The zero-order valence-corrected chi connectivity index (χ0v) is 16.4. The first-order valence-electron chi connectivity index (χ1n) is 6.26. The van der Waals surface area contributed by atoms with E-state index in [2.05, 4.69) is 78.9 Å². The Balaban J connectivity index is 4.51. The Hall–Kier alpha value is 0.617. The first-order chi connectivity index (χ1) is 7.95. The van der Waals surface area contributed by atoms with Gasteiger partial charge in [0.2, 0.25) is 0 Å². The molecule has 0 bridgehead atoms. The van der Waals surface area contributed by atoms with Gasteiger partial charge in [-0.15, -0.1) is 0 Å². The molecule has 0 atom stereocenters. The van der Waals surface area contributed by atoms with E-state index < -0.39 is 8.32 Å². The van der Waals surface area contributed by atoms with Gasteiger partial charge in [-0.1, -0.05) is 65.8 Å². The Morgan fingerprint density at radius 1 is 1.11 bits per heavy atom. The highest BCUT2D eigenvalue weighted by Crippen LogP contribution is 2.37. The van der Waals surface area contributed by atoms with Crippen molar-refractivity contribution in [2.24, 2.45) is 5.92 Å². The SMILES string of the molecule is C=C(Br)CC(CO[Si](C)(C)C(C)(C)C)CC(=C)Br. The van der Waals surface area contributed by atoms with Crippen molar-refractivity contribution in [3.8, 4) is 0 Å². The van der Waals surface area contributed by atoms with Crippen LogP contribution < -0.4 is 0 Å². The van der Waals surface area contributed by atoms with Gasteiger partial charge in [0.05, 0.1) is 0 Å². The van der Waals surface area contributed by atoms with Crippen LogP contribution in [0.15, 0.2) is 22.1 Å². The zero-order chi connectivity index (χ0) is 14.6. The summed E-state index contributed by atoms with van der Waals surface area (Å²) < 4.78 is 8.33. The lowest BCUT2D eigenvalue weighted by molar-refractivity contribution is 0.229. The highest BCUT2D eigenvalue weighted by molar-refractivity contribution is 9.12. The maximum absolute atomic E-state index is 6.27. The minimum Gasteiger partial charge on any atom is -0.417 e. The van der Waals surface area contributed by atoms with Crippen molar-refractivity contribution in [3.63, 3.8) is 0 Å². The van der Waals surface area contributed by atoms with Crippen LogP contribution in [0.3, 0.4) is 0 Å². The molecule has 0 fully saturated rings. The Morgan fingerprint density at radius 2 is 1.50 bits per heavy atom. The van der Waals surface area contributed by atoms with Crippen LogP contribution in [0, 0.1) is 5.92 Å². The van der Waals surface area contributed by atoms with Gasteiger partial charge in [0.25, 0.3) is 0 Å². The smallest absolute Gasteiger partial charge is 0.191 e. The van der Waals surface area contributed by atoms with Gasteiger partial charge in [-0.25, -0.2) is 0 Å². The molecule has 0 heterocycles. The van der Waals surface area contributed by atoms with E-state index >= 15 is 0 Å². The number of rotatable bonds is 7. The summed E-state index contributed by atoms with van der Waals surface area (Å²) in [5.41, 5.74) is 0. The summed E-state index contributed by atoms with van der Waals surface area (Å²) in [6, 6.07) is 0.